The Morgan fingerprint density at radius 1 is 1.06 bits per heavy atom. The Balaban J connectivity index is 2.30. The molecule has 0 radical (unpaired) electrons. The molecule has 0 amide bonds. The zero-order chi connectivity index (χ0) is 11.7. The van der Waals surface area contributed by atoms with E-state index in [2.05, 4.69) is 15.0 Å². The van der Waals surface area contributed by atoms with Gasteiger partial charge in [0.1, 0.15) is 12.1 Å². The van der Waals surface area contributed by atoms with E-state index in [0.717, 1.165) is 22.0 Å². The van der Waals surface area contributed by atoms with Crippen LogP contribution in [-0.4, -0.2) is 15.0 Å². The summed E-state index contributed by atoms with van der Waals surface area (Å²) >= 11 is 0. The summed E-state index contributed by atoms with van der Waals surface area (Å²) in [6.07, 6.45) is 5.09. The lowest BCUT2D eigenvalue weighted by molar-refractivity contribution is 1.18. The maximum atomic E-state index is 5.68. The minimum absolute atomic E-state index is 0.473. The standard InChI is InChI=1S/C13H10N4/c14-13-6-12(16-8-17-13)11-3-1-2-9-7-15-5-4-10(9)11/h1-8H,(H2,14,16,17). The van der Waals surface area contributed by atoms with E-state index in [1.54, 1.807) is 12.3 Å². The Labute approximate surface area is 98.2 Å². The largest absolute Gasteiger partial charge is 0.384 e. The molecule has 0 atom stereocenters. The molecule has 0 aliphatic heterocycles. The molecular weight excluding hydrogens is 212 g/mol. The average molecular weight is 222 g/mol. The first kappa shape index (κ1) is 9.72. The molecular formula is C13H10N4. The number of aromatic nitrogens is 3. The highest BCUT2D eigenvalue weighted by molar-refractivity contribution is 5.95. The summed E-state index contributed by atoms with van der Waals surface area (Å²) in [7, 11) is 0. The lowest BCUT2D eigenvalue weighted by Crippen LogP contribution is -1.93. The highest BCUT2D eigenvalue weighted by Gasteiger charge is 2.05. The van der Waals surface area contributed by atoms with Gasteiger partial charge in [0, 0.05) is 29.4 Å². The van der Waals surface area contributed by atoms with E-state index in [9.17, 15) is 0 Å². The van der Waals surface area contributed by atoms with Gasteiger partial charge in [-0.1, -0.05) is 18.2 Å². The van der Waals surface area contributed by atoms with Crippen LogP contribution in [0.4, 0.5) is 5.82 Å². The van der Waals surface area contributed by atoms with Crippen LogP contribution in [0.25, 0.3) is 22.0 Å². The van der Waals surface area contributed by atoms with Crippen LogP contribution in [0.15, 0.2) is 49.1 Å². The van der Waals surface area contributed by atoms with Crippen LogP contribution in [-0.2, 0) is 0 Å². The molecule has 0 bridgehead atoms. The third-order valence-electron chi connectivity index (χ3n) is 2.64. The van der Waals surface area contributed by atoms with Crippen molar-refractivity contribution in [3.05, 3.63) is 49.1 Å². The van der Waals surface area contributed by atoms with Gasteiger partial charge in [-0.05, 0) is 11.5 Å². The van der Waals surface area contributed by atoms with Crippen molar-refractivity contribution < 1.29 is 0 Å². The van der Waals surface area contributed by atoms with Crippen molar-refractivity contribution in [2.24, 2.45) is 0 Å². The van der Waals surface area contributed by atoms with Crippen LogP contribution in [0.3, 0.4) is 0 Å². The predicted molar refractivity (Wildman–Crippen MR) is 67.2 cm³/mol. The van der Waals surface area contributed by atoms with Gasteiger partial charge in [-0.3, -0.25) is 4.98 Å². The minimum Gasteiger partial charge on any atom is -0.384 e. The molecule has 2 aromatic heterocycles. The number of pyridine rings is 1. The Bertz CT molecular complexity index is 674. The van der Waals surface area contributed by atoms with Crippen molar-refractivity contribution in [2.45, 2.75) is 0 Å². The topological polar surface area (TPSA) is 64.7 Å². The van der Waals surface area contributed by atoms with Crippen molar-refractivity contribution in [1.29, 1.82) is 0 Å². The summed E-state index contributed by atoms with van der Waals surface area (Å²) in [5, 5.41) is 2.20. The van der Waals surface area contributed by atoms with Crippen molar-refractivity contribution in [3.8, 4) is 11.3 Å². The van der Waals surface area contributed by atoms with E-state index in [-0.39, 0.29) is 0 Å². The Hall–Kier alpha value is -2.49. The molecule has 0 saturated carbocycles. The van der Waals surface area contributed by atoms with Crippen molar-refractivity contribution >= 4 is 16.6 Å². The van der Waals surface area contributed by atoms with Crippen molar-refractivity contribution in [3.63, 3.8) is 0 Å². The zero-order valence-electron chi connectivity index (χ0n) is 9.04. The number of anilines is 1. The Morgan fingerprint density at radius 3 is 2.88 bits per heavy atom. The molecule has 4 heteroatoms. The van der Waals surface area contributed by atoms with Gasteiger partial charge in [-0.15, -0.1) is 0 Å². The maximum absolute atomic E-state index is 5.68. The zero-order valence-corrected chi connectivity index (χ0v) is 9.04. The molecule has 0 aliphatic carbocycles. The van der Waals surface area contributed by atoms with Crippen LogP contribution < -0.4 is 5.73 Å². The molecule has 3 aromatic rings. The van der Waals surface area contributed by atoms with E-state index in [0.29, 0.717) is 5.82 Å². The SMILES string of the molecule is Nc1cc(-c2cccc3cnccc23)ncn1. The van der Waals surface area contributed by atoms with E-state index < -0.39 is 0 Å². The number of benzene rings is 1. The molecule has 0 fully saturated rings. The molecule has 3 rings (SSSR count). The van der Waals surface area contributed by atoms with Crippen LogP contribution in [0.1, 0.15) is 0 Å². The van der Waals surface area contributed by atoms with Gasteiger partial charge in [0.25, 0.3) is 0 Å². The number of nitrogens with two attached hydrogens (primary N) is 1. The second-order valence-electron chi connectivity index (χ2n) is 3.73. The average Bonchev–Trinajstić information content (AvgIpc) is 2.38. The molecule has 4 nitrogen and oxygen atoms in total. The van der Waals surface area contributed by atoms with E-state index in [4.69, 9.17) is 5.73 Å². The molecule has 0 aliphatic rings. The monoisotopic (exact) mass is 222 g/mol. The second kappa shape index (κ2) is 3.83. The number of fused-ring (bicyclic) bond motifs is 1. The molecule has 0 unspecified atom stereocenters. The number of hydrogen-bond donors (Lipinski definition) is 1. The summed E-state index contributed by atoms with van der Waals surface area (Å²) in [4.78, 5) is 12.3. The lowest BCUT2D eigenvalue weighted by Gasteiger charge is -2.05. The smallest absolute Gasteiger partial charge is 0.127 e. The van der Waals surface area contributed by atoms with Crippen molar-refractivity contribution in [2.75, 3.05) is 5.73 Å². The molecule has 82 valence electrons. The number of rotatable bonds is 1. The number of nitrogen functional groups attached to an aromatic ring is 1. The number of nitrogens with zero attached hydrogens (tertiary/aromatic N) is 3. The van der Waals surface area contributed by atoms with E-state index in [1.165, 1.54) is 6.33 Å². The first-order valence-electron chi connectivity index (χ1n) is 5.25. The highest BCUT2D eigenvalue weighted by Crippen LogP contribution is 2.26. The van der Waals surface area contributed by atoms with Gasteiger partial charge in [-0.25, -0.2) is 9.97 Å². The lowest BCUT2D eigenvalue weighted by atomic mass is 10.0. The quantitative estimate of drug-likeness (QED) is 0.686. The second-order valence-corrected chi connectivity index (χ2v) is 3.73. The van der Waals surface area contributed by atoms with Gasteiger partial charge >= 0.3 is 0 Å². The molecule has 2 N–H and O–H groups in total. The highest BCUT2D eigenvalue weighted by atomic mass is 14.9. The van der Waals surface area contributed by atoms with Crippen LogP contribution in [0, 0.1) is 0 Å². The summed E-state index contributed by atoms with van der Waals surface area (Å²) in [6.45, 7) is 0. The van der Waals surface area contributed by atoms with Gasteiger partial charge in [0.05, 0.1) is 5.69 Å². The molecule has 17 heavy (non-hydrogen) atoms. The van der Waals surface area contributed by atoms with Crippen molar-refractivity contribution in [1.82, 2.24) is 15.0 Å². The van der Waals surface area contributed by atoms with E-state index >= 15 is 0 Å². The summed E-state index contributed by atoms with van der Waals surface area (Å²) in [5.41, 5.74) is 7.55. The third kappa shape index (κ3) is 1.69. The fraction of sp³-hybridized carbons (Fsp3) is 0. The van der Waals surface area contributed by atoms with Crippen LogP contribution in [0.2, 0.25) is 0 Å². The third-order valence-corrected chi connectivity index (χ3v) is 2.64. The molecule has 0 saturated heterocycles. The number of hydrogen-bond acceptors (Lipinski definition) is 4. The summed E-state index contributed by atoms with van der Waals surface area (Å²) in [6, 6.07) is 9.77. The maximum Gasteiger partial charge on any atom is 0.127 e. The normalized spacial score (nSPS) is 10.6. The fourth-order valence-corrected chi connectivity index (χ4v) is 1.87. The first-order valence-corrected chi connectivity index (χ1v) is 5.25. The summed E-state index contributed by atoms with van der Waals surface area (Å²) < 4.78 is 0. The Kier molecular flexibility index (Phi) is 2.19. The van der Waals surface area contributed by atoms with Crippen LogP contribution in [0.5, 0.6) is 0 Å². The minimum atomic E-state index is 0.473. The molecule has 0 spiro atoms. The van der Waals surface area contributed by atoms with Gasteiger partial charge in [-0.2, -0.15) is 0 Å². The fourth-order valence-electron chi connectivity index (χ4n) is 1.87. The van der Waals surface area contributed by atoms with Gasteiger partial charge < -0.3 is 5.73 Å². The van der Waals surface area contributed by atoms with Gasteiger partial charge in [0.2, 0.25) is 0 Å². The Morgan fingerprint density at radius 2 is 2.00 bits per heavy atom. The predicted octanol–water partition coefficient (Wildman–Crippen LogP) is 2.27. The molecule has 1 aromatic carbocycles. The van der Waals surface area contributed by atoms with Crippen LogP contribution >= 0.6 is 0 Å². The molecule has 2 heterocycles. The van der Waals surface area contributed by atoms with E-state index in [1.807, 2.05) is 30.5 Å². The van der Waals surface area contributed by atoms with Gasteiger partial charge in [0.15, 0.2) is 0 Å². The summed E-state index contributed by atoms with van der Waals surface area (Å²) in [5.74, 6) is 0.473. The first-order chi connectivity index (χ1) is 8.34.